The number of ketones is 1. The number of nitrogens with one attached hydrogen (secondary N) is 1. The minimum atomic E-state index is -0.102. The van der Waals surface area contributed by atoms with Gasteiger partial charge in [0.2, 0.25) is 0 Å². The molecule has 0 fully saturated rings. The van der Waals surface area contributed by atoms with E-state index in [1.165, 1.54) is 6.08 Å². The normalized spacial score (nSPS) is 10.8. The lowest BCUT2D eigenvalue weighted by Crippen LogP contribution is -1.98. The molecule has 0 atom stereocenters. The Morgan fingerprint density at radius 2 is 1.82 bits per heavy atom. The van der Waals surface area contributed by atoms with Crippen LogP contribution < -0.4 is 10.1 Å². The van der Waals surface area contributed by atoms with E-state index in [1.807, 2.05) is 30.3 Å². The first-order valence-corrected chi connectivity index (χ1v) is 9.96. The van der Waals surface area contributed by atoms with Gasteiger partial charge in [0, 0.05) is 43.6 Å². The second-order valence-electron chi connectivity index (χ2n) is 5.90. The highest BCUT2D eigenvalue weighted by Crippen LogP contribution is 2.23. The summed E-state index contributed by atoms with van der Waals surface area (Å²) in [4.78, 5) is 12.3. The maximum atomic E-state index is 12.3. The molecule has 3 aromatic rings. The van der Waals surface area contributed by atoms with Gasteiger partial charge in [-0.05, 0) is 54.6 Å². The number of hydrogen-bond acceptors (Lipinski definition) is 3. The first-order valence-electron chi connectivity index (χ1n) is 8.41. The zero-order chi connectivity index (χ0) is 19.9. The van der Waals surface area contributed by atoms with Gasteiger partial charge in [-0.25, -0.2) is 0 Å². The molecule has 0 saturated heterocycles. The van der Waals surface area contributed by atoms with Crippen LogP contribution in [0.25, 0.3) is 0 Å². The Labute approximate surface area is 182 Å². The number of carbonyl (C=O) groups excluding carboxylic acids is 1. The molecule has 0 bridgehead atoms. The molecular formula is C22H16BrCl2NO2. The van der Waals surface area contributed by atoms with Crippen molar-refractivity contribution in [1.29, 1.82) is 0 Å². The molecule has 0 radical (unpaired) electrons. The van der Waals surface area contributed by atoms with Crippen LogP contribution in [0.1, 0.15) is 15.9 Å². The van der Waals surface area contributed by atoms with Gasteiger partial charge < -0.3 is 10.1 Å². The zero-order valence-corrected chi connectivity index (χ0v) is 17.8. The Kier molecular flexibility index (Phi) is 7.15. The van der Waals surface area contributed by atoms with Crippen molar-refractivity contribution >= 4 is 50.6 Å². The van der Waals surface area contributed by atoms with E-state index < -0.39 is 0 Å². The summed E-state index contributed by atoms with van der Waals surface area (Å²) in [7, 11) is 0. The molecule has 0 aromatic heterocycles. The lowest BCUT2D eigenvalue weighted by atomic mass is 10.1. The van der Waals surface area contributed by atoms with Gasteiger partial charge >= 0.3 is 0 Å². The summed E-state index contributed by atoms with van der Waals surface area (Å²) >= 11 is 15.4. The molecule has 3 nitrogen and oxygen atoms in total. The van der Waals surface area contributed by atoms with Crippen LogP contribution in [-0.2, 0) is 6.61 Å². The molecule has 0 aliphatic carbocycles. The topological polar surface area (TPSA) is 38.3 Å². The Balaban J connectivity index is 1.55. The first-order chi connectivity index (χ1) is 13.5. The highest BCUT2D eigenvalue weighted by Gasteiger charge is 2.05. The predicted octanol–water partition coefficient (Wildman–Crippen LogP) is 7.14. The van der Waals surface area contributed by atoms with E-state index in [2.05, 4.69) is 21.2 Å². The number of hydrogen-bond donors (Lipinski definition) is 1. The number of ether oxygens (including phenoxy) is 1. The summed E-state index contributed by atoms with van der Waals surface area (Å²) in [5, 5.41) is 4.21. The smallest absolute Gasteiger partial charge is 0.187 e. The van der Waals surface area contributed by atoms with Crippen molar-refractivity contribution in [1.82, 2.24) is 0 Å². The van der Waals surface area contributed by atoms with Crippen LogP contribution in [0, 0.1) is 0 Å². The maximum absolute atomic E-state index is 12.3. The third kappa shape index (κ3) is 5.86. The van der Waals surface area contributed by atoms with Crippen LogP contribution in [0.4, 0.5) is 5.69 Å². The summed E-state index contributed by atoms with van der Waals surface area (Å²) in [6, 6.07) is 19.9. The molecule has 28 heavy (non-hydrogen) atoms. The Morgan fingerprint density at radius 1 is 1.04 bits per heavy atom. The second kappa shape index (κ2) is 9.78. The van der Waals surface area contributed by atoms with Crippen molar-refractivity contribution in [3.8, 4) is 5.75 Å². The van der Waals surface area contributed by atoms with Gasteiger partial charge in [0.1, 0.15) is 12.4 Å². The number of anilines is 1. The average Bonchev–Trinajstić information content (AvgIpc) is 2.68. The maximum Gasteiger partial charge on any atom is 0.187 e. The number of rotatable bonds is 7. The van der Waals surface area contributed by atoms with Gasteiger partial charge in [-0.3, -0.25) is 4.79 Å². The monoisotopic (exact) mass is 475 g/mol. The fourth-order valence-corrected chi connectivity index (χ4v) is 3.27. The van der Waals surface area contributed by atoms with Gasteiger partial charge in [-0.2, -0.15) is 0 Å². The molecule has 0 aliphatic heterocycles. The van der Waals surface area contributed by atoms with E-state index in [4.69, 9.17) is 27.9 Å². The van der Waals surface area contributed by atoms with Crippen molar-refractivity contribution in [3.63, 3.8) is 0 Å². The Hall–Kier alpha value is -2.27. The minimum Gasteiger partial charge on any atom is -0.489 e. The number of halogens is 3. The molecule has 0 heterocycles. The van der Waals surface area contributed by atoms with E-state index in [0.29, 0.717) is 28.0 Å². The van der Waals surface area contributed by atoms with E-state index in [1.54, 1.807) is 42.6 Å². The summed E-state index contributed by atoms with van der Waals surface area (Å²) in [6.07, 6.45) is 3.11. The third-order valence-electron chi connectivity index (χ3n) is 3.86. The fourth-order valence-electron chi connectivity index (χ4n) is 2.40. The summed E-state index contributed by atoms with van der Waals surface area (Å²) in [5.74, 6) is 0.550. The quantitative estimate of drug-likeness (QED) is 0.290. The van der Waals surface area contributed by atoms with Gasteiger partial charge in [-0.15, -0.1) is 0 Å². The number of benzene rings is 3. The van der Waals surface area contributed by atoms with Gasteiger partial charge in [-0.1, -0.05) is 51.3 Å². The second-order valence-corrected chi connectivity index (χ2v) is 7.66. The van der Waals surface area contributed by atoms with E-state index in [-0.39, 0.29) is 5.78 Å². The van der Waals surface area contributed by atoms with Crippen molar-refractivity contribution in [3.05, 3.63) is 105 Å². The summed E-state index contributed by atoms with van der Waals surface area (Å²) in [6.45, 7) is 0.319. The Bertz CT molecular complexity index is 1000. The third-order valence-corrected chi connectivity index (χ3v) is 4.94. The van der Waals surface area contributed by atoms with Crippen molar-refractivity contribution < 1.29 is 9.53 Å². The van der Waals surface area contributed by atoms with Crippen molar-refractivity contribution in [2.24, 2.45) is 0 Å². The molecule has 0 aliphatic rings. The summed E-state index contributed by atoms with van der Waals surface area (Å²) < 4.78 is 6.69. The SMILES string of the molecule is O=C(C=CNc1cccc(Br)c1)c1ccc(OCc2ccc(Cl)cc2Cl)cc1. The lowest BCUT2D eigenvalue weighted by Gasteiger charge is -2.08. The average molecular weight is 477 g/mol. The predicted molar refractivity (Wildman–Crippen MR) is 118 cm³/mol. The molecular weight excluding hydrogens is 461 g/mol. The van der Waals surface area contributed by atoms with Gasteiger partial charge in [0.05, 0.1) is 0 Å². The lowest BCUT2D eigenvalue weighted by molar-refractivity contribution is 0.104. The molecule has 0 saturated carbocycles. The van der Waals surface area contributed by atoms with Crippen LogP contribution >= 0.6 is 39.1 Å². The number of allylic oxidation sites excluding steroid dienone is 1. The molecule has 6 heteroatoms. The molecule has 142 valence electrons. The highest BCUT2D eigenvalue weighted by molar-refractivity contribution is 9.10. The number of carbonyl (C=O) groups is 1. The minimum absolute atomic E-state index is 0.102. The van der Waals surface area contributed by atoms with Crippen molar-refractivity contribution in [2.45, 2.75) is 6.61 Å². The molecule has 1 N–H and O–H groups in total. The van der Waals surface area contributed by atoms with E-state index in [9.17, 15) is 4.79 Å². The molecule has 3 aromatic carbocycles. The van der Waals surface area contributed by atoms with Crippen LogP contribution in [0.3, 0.4) is 0 Å². The van der Waals surface area contributed by atoms with Crippen molar-refractivity contribution in [2.75, 3.05) is 5.32 Å². The largest absolute Gasteiger partial charge is 0.489 e. The molecule has 0 spiro atoms. The molecule has 3 rings (SSSR count). The van der Waals surface area contributed by atoms with Crippen LogP contribution in [0.2, 0.25) is 10.0 Å². The highest BCUT2D eigenvalue weighted by atomic mass is 79.9. The van der Waals surface area contributed by atoms with Gasteiger partial charge in [0.15, 0.2) is 5.78 Å². The fraction of sp³-hybridized carbons (Fsp3) is 0.0455. The van der Waals surface area contributed by atoms with Crippen LogP contribution in [-0.4, -0.2) is 5.78 Å². The van der Waals surface area contributed by atoms with E-state index >= 15 is 0 Å². The van der Waals surface area contributed by atoms with Gasteiger partial charge in [0.25, 0.3) is 0 Å². The first kappa shape index (κ1) is 20.5. The molecule has 0 unspecified atom stereocenters. The Morgan fingerprint density at radius 3 is 2.54 bits per heavy atom. The molecule has 0 amide bonds. The standard InChI is InChI=1S/C22H16BrCl2NO2/c23-17-2-1-3-19(12-17)26-11-10-22(27)15-5-8-20(9-6-15)28-14-16-4-7-18(24)13-21(16)25/h1-13,26H,14H2. The zero-order valence-electron chi connectivity index (χ0n) is 14.7. The van der Waals surface area contributed by atoms with Crippen LogP contribution in [0.5, 0.6) is 5.75 Å². The van der Waals surface area contributed by atoms with Crippen LogP contribution in [0.15, 0.2) is 83.5 Å². The van der Waals surface area contributed by atoms with E-state index in [0.717, 1.165) is 15.7 Å². The summed E-state index contributed by atoms with van der Waals surface area (Å²) in [5.41, 5.74) is 2.31.